The molecule has 0 aliphatic carbocycles. The third kappa shape index (κ3) is 5.90. The number of aromatic carboxylic acids is 6. The van der Waals surface area contributed by atoms with Crippen LogP contribution >= 0.6 is 0 Å². The van der Waals surface area contributed by atoms with Crippen LogP contribution in [0.5, 0.6) is 11.5 Å². The number of phenols is 2. The SMILES string of the molecule is O=C(O)c1ccc(C(=O)O)c(C(c2ccc(O)cc2)C(c2ccc(O)cc2)c2c(C(=O)O)ccc(C(=O)O)c2C(=O)O)c1C(=O)O. The molecule has 2 atom stereocenters. The van der Waals surface area contributed by atoms with Crippen LogP contribution < -0.4 is 0 Å². The molecule has 46 heavy (non-hydrogen) atoms. The van der Waals surface area contributed by atoms with Crippen LogP contribution in [0, 0.1) is 0 Å². The van der Waals surface area contributed by atoms with E-state index in [2.05, 4.69) is 0 Å². The lowest BCUT2D eigenvalue weighted by molar-refractivity contribution is 0.0644. The van der Waals surface area contributed by atoms with E-state index < -0.39 is 92.2 Å². The van der Waals surface area contributed by atoms with Crippen molar-refractivity contribution < 1.29 is 69.6 Å². The van der Waals surface area contributed by atoms with Gasteiger partial charge in [0.1, 0.15) is 11.5 Å². The van der Waals surface area contributed by atoms with Crippen molar-refractivity contribution in [2.24, 2.45) is 0 Å². The Bertz CT molecular complexity index is 1780. The third-order valence-electron chi connectivity index (χ3n) is 7.30. The van der Waals surface area contributed by atoms with Crippen LogP contribution in [0.25, 0.3) is 0 Å². The van der Waals surface area contributed by atoms with Crippen molar-refractivity contribution in [2.45, 2.75) is 11.8 Å². The fraction of sp³-hybridized carbons (Fsp3) is 0.0625. The van der Waals surface area contributed by atoms with Gasteiger partial charge in [0.05, 0.1) is 33.4 Å². The van der Waals surface area contributed by atoms with E-state index in [1.54, 1.807) is 0 Å². The molecule has 0 spiro atoms. The molecule has 0 aliphatic heterocycles. The molecule has 14 nitrogen and oxygen atoms in total. The van der Waals surface area contributed by atoms with Gasteiger partial charge in [-0.2, -0.15) is 0 Å². The summed E-state index contributed by atoms with van der Waals surface area (Å²) in [5.74, 6) is -15.0. The largest absolute Gasteiger partial charge is 0.508 e. The molecule has 4 aromatic carbocycles. The maximum absolute atomic E-state index is 12.8. The number of carboxylic acid groups (broad SMARTS) is 6. The quantitative estimate of drug-likeness (QED) is 0.115. The lowest BCUT2D eigenvalue weighted by Crippen LogP contribution is -2.27. The molecular weight excluding hydrogens is 608 g/mol. The van der Waals surface area contributed by atoms with Gasteiger partial charge in [0.25, 0.3) is 0 Å². The third-order valence-corrected chi connectivity index (χ3v) is 7.30. The van der Waals surface area contributed by atoms with Crippen molar-refractivity contribution in [3.63, 3.8) is 0 Å². The fourth-order valence-electron chi connectivity index (χ4n) is 5.49. The number of phenolic OH excluding ortho intramolecular Hbond substituents is 2. The van der Waals surface area contributed by atoms with Gasteiger partial charge in [0, 0.05) is 11.8 Å². The number of aromatic hydroxyl groups is 2. The second-order valence-electron chi connectivity index (χ2n) is 9.87. The smallest absolute Gasteiger partial charge is 0.336 e. The molecule has 2 unspecified atom stereocenters. The van der Waals surface area contributed by atoms with Crippen molar-refractivity contribution in [3.05, 3.63) is 128 Å². The highest BCUT2D eigenvalue weighted by atomic mass is 16.4. The highest BCUT2D eigenvalue weighted by Gasteiger charge is 2.41. The second kappa shape index (κ2) is 12.5. The van der Waals surface area contributed by atoms with Crippen LogP contribution in [-0.4, -0.2) is 76.7 Å². The lowest BCUT2D eigenvalue weighted by atomic mass is 9.68. The minimum atomic E-state index is -1.90. The molecule has 0 fully saturated rings. The van der Waals surface area contributed by atoms with Gasteiger partial charge in [-0.25, -0.2) is 28.8 Å². The molecule has 0 bridgehead atoms. The van der Waals surface area contributed by atoms with Crippen LogP contribution in [-0.2, 0) is 0 Å². The van der Waals surface area contributed by atoms with Gasteiger partial charge in [-0.15, -0.1) is 0 Å². The average Bonchev–Trinajstić information content (AvgIpc) is 2.99. The van der Waals surface area contributed by atoms with Gasteiger partial charge in [-0.1, -0.05) is 24.3 Å². The monoisotopic (exact) mass is 630 g/mol. The Kier molecular flexibility index (Phi) is 8.75. The molecule has 0 saturated heterocycles. The minimum absolute atomic E-state index is 0.0585. The van der Waals surface area contributed by atoms with Crippen LogP contribution in [0.2, 0.25) is 0 Å². The molecule has 0 saturated carbocycles. The number of benzene rings is 4. The van der Waals surface area contributed by atoms with Gasteiger partial charge < -0.3 is 40.9 Å². The van der Waals surface area contributed by atoms with Crippen LogP contribution in [0.3, 0.4) is 0 Å². The molecule has 0 aromatic heterocycles. The summed E-state index contributed by atoms with van der Waals surface area (Å²) in [5, 5.41) is 80.9. The van der Waals surface area contributed by atoms with Crippen molar-refractivity contribution >= 4 is 35.8 Å². The van der Waals surface area contributed by atoms with Crippen LogP contribution in [0.4, 0.5) is 0 Å². The van der Waals surface area contributed by atoms with Crippen LogP contribution in [0.15, 0.2) is 72.8 Å². The Hall–Kier alpha value is -6.70. The predicted octanol–water partition coefficient (Wildman–Crippen LogP) is 4.25. The molecule has 0 heterocycles. The zero-order valence-corrected chi connectivity index (χ0v) is 23.1. The van der Waals surface area contributed by atoms with E-state index in [4.69, 9.17) is 0 Å². The molecule has 234 valence electrons. The Morgan fingerprint density at radius 1 is 0.370 bits per heavy atom. The molecule has 14 heteroatoms. The summed E-state index contributed by atoms with van der Waals surface area (Å²) in [7, 11) is 0. The van der Waals surface area contributed by atoms with Gasteiger partial charge in [-0.3, -0.25) is 0 Å². The van der Waals surface area contributed by atoms with Gasteiger partial charge in [-0.05, 0) is 70.8 Å². The fourth-order valence-corrected chi connectivity index (χ4v) is 5.49. The molecule has 4 rings (SSSR count). The topological polar surface area (TPSA) is 264 Å². The lowest BCUT2D eigenvalue weighted by Gasteiger charge is -2.33. The number of hydrogen-bond donors (Lipinski definition) is 8. The molecule has 8 N–H and O–H groups in total. The van der Waals surface area contributed by atoms with E-state index in [1.165, 1.54) is 24.3 Å². The Balaban J connectivity index is 2.38. The highest BCUT2D eigenvalue weighted by molar-refractivity contribution is 6.08. The minimum Gasteiger partial charge on any atom is -0.508 e. The van der Waals surface area contributed by atoms with Crippen molar-refractivity contribution in [1.29, 1.82) is 0 Å². The highest BCUT2D eigenvalue weighted by Crippen LogP contribution is 2.48. The first-order valence-electron chi connectivity index (χ1n) is 13.0. The standard InChI is InChI=1S/C32H22O14/c33-15-5-1-13(2-6-15)21(23-17(27(35)36)9-11-19(29(39)40)25(23)31(43)44)22(14-3-7-16(34)8-4-14)24-18(28(37)38)10-12-20(30(41)42)26(24)32(45)46/h1-12,21-22,33-34H,(H,35,36)(H,37,38)(H,39,40)(H,41,42)(H,43,44)(H,45,46). The first-order chi connectivity index (χ1) is 21.6. The maximum atomic E-state index is 12.8. The summed E-state index contributed by atoms with van der Waals surface area (Å²) >= 11 is 0. The van der Waals surface area contributed by atoms with Gasteiger partial charge >= 0.3 is 35.8 Å². The maximum Gasteiger partial charge on any atom is 0.336 e. The van der Waals surface area contributed by atoms with Gasteiger partial charge in [0.15, 0.2) is 0 Å². The predicted molar refractivity (Wildman–Crippen MR) is 155 cm³/mol. The van der Waals surface area contributed by atoms with Gasteiger partial charge in [0.2, 0.25) is 0 Å². The summed E-state index contributed by atoms with van der Waals surface area (Å²) in [6.45, 7) is 0. The molecular formula is C32H22O14. The van der Waals surface area contributed by atoms with E-state index >= 15 is 0 Å². The van der Waals surface area contributed by atoms with E-state index in [-0.39, 0.29) is 22.6 Å². The Morgan fingerprint density at radius 3 is 0.870 bits per heavy atom. The van der Waals surface area contributed by atoms with Crippen molar-refractivity contribution in [2.75, 3.05) is 0 Å². The molecule has 4 aromatic rings. The molecule has 0 radical (unpaired) electrons. The number of hydrogen-bond acceptors (Lipinski definition) is 8. The van der Waals surface area contributed by atoms with Crippen LogP contribution in [0.1, 0.15) is 96.2 Å². The van der Waals surface area contributed by atoms with E-state index in [1.807, 2.05) is 0 Å². The van der Waals surface area contributed by atoms with Crippen molar-refractivity contribution in [3.8, 4) is 11.5 Å². The molecule has 0 aliphatic rings. The summed E-state index contributed by atoms with van der Waals surface area (Å²) in [5.41, 5.74) is -6.81. The molecule has 0 amide bonds. The zero-order chi connectivity index (χ0) is 34.0. The summed E-state index contributed by atoms with van der Waals surface area (Å²) < 4.78 is 0. The number of carboxylic acids is 6. The van der Waals surface area contributed by atoms with E-state index in [0.717, 1.165) is 48.5 Å². The second-order valence-corrected chi connectivity index (χ2v) is 9.87. The van der Waals surface area contributed by atoms with E-state index in [9.17, 15) is 69.6 Å². The average molecular weight is 631 g/mol. The number of rotatable bonds is 11. The van der Waals surface area contributed by atoms with Crippen molar-refractivity contribution in [1.82, 2.24) is 0 Å². The first kappa shape index (κ1) is 32.2. The summed E-state index contributed by atoms with van der Waals surface area (Å²) in [6, 6.07) is 12.4. The summed E-state index contributed by atoms with van der Waals surface area (Å²) in [6.07, 6.45) is 0. The number of carbonyl (C=O) groups is 6. The normalized spacial score (nSPS) is 12.1. The first-order valence-corrected chi connectivity index (χ1v) is 13.0. The Morgan fingerprint density at radius 2 is 0.630 bits per heavy atom. The zero-order valence-electron chi connectivity index (χ0n) is 23.1. The Labute approximate surface area is 257 Å². The van der Waals surface area contributed by atoms with E-state index in [0.29, 0.717) is 0 Å². The summed E-state index contributed by atoms with van der Waals surface area (Å²) in [4.78, 5) is 75.2.